The fourth-order valence-electron chi connectivity index (χ4n) is 1.87. The maximum Gasteiger partial charge on any atom is 0.0976 e. The monoisotopic (exact) mass is 193 g/mol. The van der Waals surface area contributed by atoms with Crippen LogP contribution in [0.1, 0.15) is 13.3 Å². The highest BCUT2D eigenvalue weighted by molar-refractivity contribution is 4.93. The molecule has 1 aliphatic rings. The van der Waals surface area contributed by atoms with E-state index < -0.39 is 0 Å². The maximum atomic E-state index is 8.93. The van der Waals surface area contributed by atoms with Crippen molar-refractivity contribution in [1.82, 2.24) is 9.80 Å². The highest BCUT2D eigenvalue weighted by Gasteiger charge is 2.21. The molecule has 3 nitrogen and oxygen atoms in total. The Morgan fingerprint density at radius 1 is 1.43 bits per heavy atom. The Balaban J connectivity index is 2.35. The Morgan fingerprint density at radius 2 is 2.07 bits per heavy atom. The highest BCUT2D eigenvalue weighted by atomic mass is 15.3. The van der Waals surface area contributed by atoms with Crippen molar-refractivity contribution in [2.45, 2.75) is 19.4 Å². The van der Waals surface area contributed by atoms with Crippen LogP contribution < -0.4 is 0 Å². The summed E-state index contributed by atoms with van der Waals surface area (Å²) in [5.41, 5.74) is 0. The van der Waals surface area contributed by atoms with Gasteiger partial charge >= 0.3 is 0 Å². The maximum absolute atomic E-state index is 8.93. The van der Waals surface area contributed by atoms with Gasteiger partial charge in [0.15, 0.2) is 0 Å². The molecule has 0 N–H and O–H groups in total. The van der Waals surface area contributed by atoms with Gasteiger partial charge in [-0.15, -0.1) is 6.58 Å². The first-order valence-electron chi connectivity index (χ1n) is 5.28. The van der Waals surface area contributed by atoms with Crippen molar-refractivity contribution in [2.75, 3.05) is 32.7 Å². The third-order valence-corrected chi connectivity index (χ3v) is 2.77. The lowest BCUT2D eigenvalue weighted by Crippen LogP contribution is -2.49. The Morgan fingerprint density at radius 3 is 2.50 bits per heavy atom. The van der Waals surface area contributed by atoms with Crippen molar-refractivity contribution in [3.63, 3.8) is 0 Å². The first-order chi connectivity index (χ1) is 6.81. The lowest BCUT2D eigenvalue weighted by molar-refractivity contribution is 0.121. The second-order valence-electron chi connectivity index (χ2n) is 3.68. The van der Waals surface area contributed by atoms with E-state index in [9.17, 15) is 0 Å². The van der Waals surface area contributed by atoms with Crippen LogP contribution in [0, 0.1) is 11.3 Å². The molecule has 1 saturated heterocycles. The quantitative estimate of drug-likeness (QED) is 0.626. The van der Waals surface area contributed by atoms with Crippen molar-refractivity contribution in [3.05, 3.63) is 12.7 Å². The van der Waals surface area contributed by atoms with Crippen LogP contribution in [-0.2, 0) is 0 Å². The molecule has 0 aromatic heterocycles. The average Bonchev–Trinajstić information content (AvgIpc) is 2.23. The van der Waals surface area contributed by atoms with Crippen LogP contribution in [-0.4, -0.2) is 48.6 Å². The summed E-state index contributed by atoms with van der Waals surface area (Å²) in [5.74, 6) is 0. The van der Waals surface area contributed by atoms with Crippen LogP contribution in [0.25, 0.3) is 0 Å². The molecule has 1 heterocycles. The predicted molar refractivity (Wildman–Crippen MR) is 57.9 cm³/mol. The second-order valence-corrected chi connectivity index (χ2v) is 3.68. The molecular formula is C11H19N3. The minimum Gasteiger partial charge on any atom is -0.297 e. The number of rotatable bonds is 4. The molecule has 0 bridgehead atoms. The molecule has 0 amide bonds. The largest absolute Gasteiger partial charge is 0.297 e. The van der Waals surface area contributed by atoms with Gasteiger partial charge in [-0.2, -0.15) is 5.26 Å². The van der Waals surface area contributed by atoms with Gasteiger partial charge in [-0.3, -0.25) is 9.80 Å². The molecule has 1 unspecified atom stereocenters. The Labute approximate surface area is 86.6 Å². The minimum absolute atomic E-state index is 0.112. The Hall–Kier alpha value is -0.850. The van der Waals surface area contributed by atoms with Crippen molar-refractivity contribution in [3.8, 4) is 6.07 Å². The van der Waals surface area contributed by atoms with Gasteiger partial charge in [-0.05, 0) is 6.42 Å². The van der Waals surface area contributed by atoms with Crippen molar-refractivity contribution in [1.29, 1.82) is 5.26 Å². The van der Waals surface area contributed by atoms with Gasteiger partial charge in [-0.1, -0.05) is 13.0 Å². The first kappa shape index (κ1) is 11.2. The summed E-state index contributed by atoms with van der Waals surface area (Å²) >= 11 is 0. The third kappa shape index (κ3) is 2.83. The molecule has 0 aromatic rings. The molecule has 3 heteroatoms. The van der Waals surface area contributed by atoms with Crippen molar-refractivity contribution < 1.29 is 0 Å². The molecule has 1 fully saturated rings. The highest BCUT2D eigenvalue weighted by Crippen LogP contribution is 2.08. The van der Waals surface area contributed by atoms with Crippen molar-refractivity contribution in [2.24, 2.45) is 0 Å². The average molecular weight is 193 g/mol. The van der Waals surface area contributed by atoms with Crippen LogP contribution in [0.2, 0.25) is 0 Å². The second kappa shape index (κ2) is 5.79. The summed E-state index contributed by atoms with van der Waals surface area (Å²) in [7, 11) is 0. The number of nitriles is 1. The molecule has 0 spiro atoms. The van der Waals surface area contributed by atoms with E-state index in [1.165, 1.54) is 0 Å². The lowest BCUT2D eigenvalue weighted by atomic mass is 10.2. The first-order valence-corrected chi connectivity index (χ1v) is 5.28. The van der Waals surface area contributed by atoms with Gasteiger partial charge < -0.3 is 0 Å². The summed E-state index contributed by atoms with van der Waals surface area (Å²) in [6.07, 6.45) is 2.87. The van der Waals surface area contributed by atoms with E-state index >= 15 is 0 Å². The van der Waals surface area contributed by atoms with E-state index in [4.69, 9.17) is 5.26 Å². The zero-order valence-electron chi connectivity index (χ0n) is 8.95. The SMILES string of the molecule is C=CCN1CCN(C(C#N)CC)CC1. The van der Waals surface area contributed by atoms with Crippen molar-refractivity contribution >= 4 is 0 Å². The van der Waals surface area contributed by atoms with E-state index in [0.29, 0.717) is 0 Å². The fraction of sp³-hybridized carbons (Fsp3) is 0.727. The summed E-state index contributed by atoms with van der Waals surface area (Å²) in [4.78, 5) is 4.65. The van der Waals surface area contributed by atoms with Crippen LogP contribution >= 0.6 is 0 Å². The molecule has 0 saturated carbocycles. The van der Waals surface area contributed by atoms with Gasteiger partial charge in [0, 0.05) is 32.7 Å². The molecule has 1 aliphatic heterocycles. The lowest BCUT2D eigenvalue weighted by Gasteiger charge is -2.36. The van der Waals surface area contributed by atoms with Crippen LogP contribution in [0.4, 0.5) is 0 Å². The standard InChI is InChI=1S/C11H19N3/c1-3-5-13-6-8-14(9-7-13)11(4-2)10-12/h3,11H,1,4-9H2,2H3. The normalized spacial score (nSPS) is 21.4. The molecular weight excluding hydrogens is 174 g/mol. The van der Waals surface area contributed by atoms with Crippen LogP contribution in [0.15, 0.2) is 12.7 Å². The van der Waals surface area contributed by atoms with Gasteiger partial charge in [0.2, 0.25) is 0 Å². The molecule has 0 radical (unpaired) electrons. The van der Waals surface area contributed by atoms with Gasteiger partial charge in [-0.25, -0.2) is 0 Å². The van der Waals surface area contributed by atoms with Gasteiger partial charge in [0.05, 0.1) is 12.1 Å². The molecule has 78 valence electrons. The van der Waals surface area contributed by atoms with Gasteiger partial charge in [0.1, 0.15) is 0 Å². The zero-order chi connectivity index (χ0) is 10.4. The smallest absolute Gasteiger partial charge is 0.0976 e. The molecule has 1 rings (SSSR count). The molecule has 1 atom stereocenters. The molecule has 0 aliphatic carbocycles. The Bertz CT molecular complexity index is 211. The number of piperazine rings is 1. The number of hydrogen-bond acceptors (Lipinski definition) is 3. The predicted octanol–water partition coefficient (Wildman–Crippen LogP) is 1.09. The van der Waals surface area contributed by atoms with E-state index in [2.05, 4.69) is 29.4 Å². The Kier molecular flexibility index (Phi) is 4.64. The molecule has 0 aromatic carbocycles. The van der Waals surface area contributed by atoms with E-state index in [0.717, 1.165) is 39.1 Å². The summed E-state index contributed by atoms with van der Waals surface area (Å²) < 4.78 is 0. The van der Waals surface area contributed by atoms with E-state index in [1.54, 1.807) is 0 Å². The summed E-state index contributed by atoms with van der Waals surface area (Å²) in [6, 6.07) is 2.47. The van der Waals surface area contributed by atoms with Gasteiger partial charge in [0.25, 0.3) is 0 Å². The summed E-state index contributed by atoms with van der Waals surface area (Å²) in [5, 5.41) is 8.93. The summed E-state index contributed by atoms with van der Waals surface area (Å²) in [6.45, 7) is 10.9. The number of nitrogens with zero attached hydrogens (tertiary/aromatic N) is 3. The molecule has 14 heavy (non-hydrogen) atoms. The zero-order valence-corrected chi connectivity index (χ0v) is 8.95. The minimum atomic E-state index is 0.112. The van der Waals surface area contributed by atoms with E-state index in [1.807, 2.05) is 6.08 Å². The number of hydrogen-bond donors (Lipinski definition) is 0. The third-order valence-electron chi connectivity index (χ3n) is 2.77. The van der Waals surface area contributed by atoms with Crippen LogP contribution in [0.3, 0.4) is 0 Å². The van der Waals surface area contributed by atoms with Crippen LogP contribution in [0.5, 0.6) is 0 Å². The topological polar surface area (TPSA) is 30.3 Å². The van der Waals surface area contributed by atoms with E-state index in [-0.39, 0.29) is 6.04 Å². The fourth-order valence-corrected chi connectivity index (χ4v) is 1.87.